The molecule has 8 heteroatoms. The first kappa shape index (κ1) is 20.6. The van der Waals surface area contributed by atoms with Gasteiger partial charge in [0.05, 0.1) is 29.1 Å². The number of ether oxygens (including phenoxy) is 1. The Bertz CT molecular complexity index is 1130. The lowest BCUT2D eigenvalue weighted by Gasteiger charge is -2.14. The van der Waals surface area contributed by atoms with Crippen molar-refractivity contribution in [3.8, 4) is 11.4 Å². The number of nitrogens with zero attached hydrogens (tertiary/aromatic N) is 2. The standard InChI is InChI=1S/C22H21N3O3S2/c1-14-3-7-16(8-4-14)25-21(27)20-18(11-12-29-20)24-22(25)30-13-19(26)23-15-5-9-17(28-2)10-6-15/h3-10H,11-13H2,1-2H3,(H,23,26). The summed E-state index contributed by atoms with van der Waals surface area (Å²) in [6, 6.07) is 14.9. The highest BCUT2D eigenvalue weighted by Gasteiger charge is 2.23. The lowest BCUT2D eigenvalue weighted by Crippen LogP contribution is -2.24. The number of thioether (sulfide) groups is 2. The molecule has 4 rings (SSSR count). The average Bonchev–Trinajstić information content (AvgIpc) is 3.23. The third kappa shape index (κ3) is 4.39. The van der Waals surface area contributed by atoms with Crippen LogP contribution < -0.4 is 15.6 Å². The first-order valence-corrected chi connectivity index (χ1v) is 11.4. The van der Waals surface area contributed by atoms with Crippen LogP contribution in [0, 0.1) is 6.92 Å². The molecule has 0 saturated carbocycles. The summed E-state index contributed by atoms with van der Waals surface area (Å²) in [7, 11) is 1.60. The Morgan fingerprint density at radius 1 is 1.20 bits per heavy atom. The number of nitrogens with one attached hydrogen (secondary N) is 1. The normalized spacial score (nSPS) is 12.5. The number of fused-ring (bicyclic) bond motifs is 1. The molecule has 0 saturated heterocycles. The van der Waals surface area contributed by atoms with Gasteiger partial charge in [0, 0.05) is 17.9 Å². The van der Waals surface area contributed by atoms with Crippen molar-refractivity contribution in [2.75, 3.05) is 23.9 Å². The molecule has 0 fully saturated rings. The first-order valence-electron chi connectivity index (χ1n) is 9.47. The van der Waals surface area contributed by atoms with Gasteiger partial charge in [-0.25, -0.2) is 4.98 Å². The molecule has 0 spiro atoms. The third-order valence-electron chi connectivity index (χ3n) is 4.66. The van der Waals surface area contributed by atoms with Gasteiger partial charge in [-0.2, -0.15) is 0 Å². The molecule has 0 atom stereocenters. The van der Waals surface area contributed by atoms with Gasteiger partial charge in [0.15, 0.2) is 5.16 Å². The average molecular weight is 440 g/mol. The van der Waals surface area contributed by atoms with Crippen molar-refractivity contribution in [2.24, 2.45) is 0 Å². The number of carbonyl (C=O) groups excluding carboxylic acids is 1. The number of aryl methyl sites for hydroxylation is 2. The fraction of sp³-hybridized carbons (Fsp3) is 0.227. The van der Waals surface area contributed by atoms with E-state index in [0.717, 1.165) is 34.9 Å². The molecule has 2 heterocycles. The summed E-state index contributed by atoms with van der Waals surface area (Å²) in [4.78, 5) is 31.0. The summed E-state index contributed by atoms with van der Waals surface area (Å²) in [5.41, 5.74) is 3.32. The molecule has 30 heavy (non-hydrogen) atoms. The fourth-order valence-electron chi connectivity index (χ4n) is 3.11. The zero-order valence-electron chi connectivity index (χ0n) is 16.7. The van der Waals surface area contributed by atoms with E-state index >= 15 is 0 Å². The number of hydrogen-bond donors (Lipinski definition) is 1. The van der Waals surface area contributed by atoms with Crippen LogP contribution in [0.1, 0.15) is 11.3 Å². The summed E-state index contributed by atoms with van der Waals surface area (Å²) in [6.07, 6.45) is 0.773. The molecule has 154 valence electrons. The number of rotatable bonds is 6. The molecule has 1 N–H and O–H groups in total. The molecule has 0 radical (unpaired) electrons. The maximum atomic E-state index is 13.1. The highest BCUT2D eigenvalue weighted by atomic mass is 32.2. The molecule has 1 aliphatic rings. The van der Waals surface area contributed by atoms with Crippen molar-refractivity contribution < 1.29 is 9.53 Å². The van der Waals surface area contributed by atoms with E-state index in [1.807, 2.05) is 31.2 Å². The minimum atomic E-state index is -0.162. The van der Waals surface area contributed by atoms with Crippen LogP contribution in [-0.4, -0.2) is 34.1 Å². The van der Waals surface area contributed by atoms with Gasteiger partial charge in [0.2, 0.25) is 5.91 Å². The van der Waals surface area contributed by atoms with Crippen molar-refractivity contribution >= 4 is 35.1 Å². The molecule has 1 aromatic heterocycles. The van der Waals surface area contributed by atoms with Gasteiger partial charge in [-0.05, 0) is 43.3 Å². The minimum Gasteiger partial charge on any atom is -0.497 e. The summed E-state index contributed by atoms with van der Waals surface area (Å²) in [6.45, 7) is 2.00. The first-order chi connectivity index (χ1) is 14.5. The quantitative estimate of drug-likeness (QED) is 0.463. The van der Waals surface area contributed by atoms with Gasteiger partial charge < -0.3 is 10.1 Å². The van der Waals surface area contributed by atoms with E-state index in [4.69, 9.17) is 9.72 Å². The molecule has 0 aliphatic carbocycles. The summed E-state index contributed by atoms with van der Waals surface area (Å²) >= 11 is 2.82. The van der Waals surface area contributed by atoms with Gasteiger partial charge in [-0.1, -0.05) is 29.5 Å². The van der Waals surface area contributed by atoms with Crippen LogP contribution in [-0.2, 0) is 11.2 Å². The number of hydrogen-bond acceptors (Lipinski definition) is 6. The van der Waals surface area contributed by atoms with E-state index in [9.17, 15) is 9.59 Å². The van der Waals surface area contributed by atoms with Crippen LogP contribution in [0.4, 0.5) is 5.69 Å². The predicted molar refractivity (Wildman–Crippen MR) is 121 cm³/mol. The van der Waals surface area contributed by atoms with Crippen LogP contribution in [0.25, 0.3) is 5.69 Å². The van der Waals surface area contributed by atoms with Crippen LogP contribution >= 0.6 is 23.5 Å². The minimum absolute atomic E-state index is 0.0654. The lowest BCUT2D eigenvalue weighted by atomic mass is 10.2. The van der Waals surface area contributed by atoms with E-state index in [1.54, 1.807) is 47.7 Å². The predicted octanol–water partition coefficient (Wildman–Crippen LogP) is 3.93. The van der Waals surface area contributed by atoms with E-state index in [0.29, 0.717) is 15.7 Å². The monoisotopic (exact) mass is 439 g/mol. The maximum Gasteiger partial charge on any atom is 0.272 e. The third-order valence-corrected chi connectivity index (χ3v) is 6.71. The van der Waals surface area contributed by atoms with Crippen LogP contribution in [0.5, 0.6) is 5.75 Å². The fourth-order valence-corrected chi connectivity index (χ4v) is 4.97. The lowest BCUT2D eigenvalue weighted by molar-refractivity contribution is -0.113. The van der Waals surface area contributed by atoms with Crippen molar-refractivity contribution in [3.63, 3.8) is 0 Å². The van der Waals surface area contributed by atoms with Crippen LogP contribution in [0.3, 0.4) is 0 Å². The Hall–Kier alpha value is -2.71. The van der Waals surface area contributed by atoms with E-state index in [-0.39, 0.29) is 17.2 Å². The summed E-state index contributed by atoms with van der Waals surface area (Å²) < 4.78 is 6.74. The van der Waals surface area contributed by atoms with Crippen LogP contribution in [0.2, 0.25) is 0 Å². The molecule has 6 nitrogen and oxygen atoms in total. The van der Waals surface area contributed by atoms with E-state index in [2.05, 4.69) is 5.32 Å². The number of benzene rings is 2. The SMILES string of the molecule is COc1ccc(NC(=O)CSc2nc3c(c(=O)n2-c2ccc(C)cc2)SCC3)cc1. The number of aromatic nitrogens is 2. The summed E-state index contributed by atoms with van der Waals surface area (Å²) in [5.74, 6) is 1.57. The van der Waals surface area contributed by atoms with Gasteiger partial charge in [-0.15, -0.1) is 11.8 Å². The maximum absolute atomic E-state index is 13.1. The molecule has 1 aliphatic heterocycles. The molecule has 3 aromatic rings. The Morgan fingerprint density at radius 3 is 2.63 bits per heavy atom. The van der Waals surface area contributed by atoms with Crippen molar-refractivity contribution in [1.82, 2.24) is 9.55 Å². The molecule has 0 bridgehead atoms. The number of amides is 1. The van der Waals surface area contributed by atoms with Crippen LogP contribution in [0.15, 0.2) is 63.4 Å². The Kier molecular flexibility index (Phi) is 6.15. The molecule has 1 amide bonds. The smallest absolute Gasteiger partial charge is 0.272 e. The van der Waals surface area contributed by atoms with Crippen molar-refractivity contribution in [2.45, 2.75) is 23.4 Å². The van der Waals surface area contributed by atoms with Gasteiger partial charge >= 0.3 is 0 Å². The topological polar surface area (TPSA) is 73.2 Å². The highest BCUT2D eigenvalue weighted by molar-refractivity contribution is 8.00. The molecule has 2 aromatic carbocycles. The van der Waals surface area contributed by atoms with Gasteiger partial charge in [0.1, 0.15) is 5.75 Å². The largest absolute Gasteiger partial charge is 0.497 e. The van der Waals surface area contributed by atoms with Crippen molar-refractivity contribution in [1.29, 1.82) is 0 Å². The number of carbonyl (C=O) groups is 1. The Morgan fingerprint density at radius 2 is 1.93 bits per heavy atom. The van der Waals surface area contributed by atoms with E-state index < -0.39 is 0 Å². The number of methoxy groups -OCH3 is 1. The summed E-state index contributed by atoms with van der Waals surface area (Å²) in [5, 5.41) is 3.40. The Balaban J connectivity index is 1.57. The Labute approximate surface area is 183 Å². The number of anilines is 1. The zero-order valence-corrected chi connectivity index (χ0v) is 18.3. The van der Waals surface area contributed by atoms with Gasteiger partial charge in [-0.3, -0.25) is 14.2 Å². The van der Waals surface area contributed by atoms with Gasteiger partial charge in [0.25, 0.3) is 5.56 Å². The van der Waals surface area contributed by atoms with E-state index in [1.165, 1.54) is 11.8 Å². The second kappa shape index (κ2) is 8.97. The second-order valence-corrected chi connectivity index (χ2v) is 8.86. The molecule has 0 unspecified atom stereocenters. The second-order valence-electron chi connectivity index (χ2n) is 6.81. The molecular formula is C22H21N3O3S2. The molecular weight excluding hydrogens is 418 g/mol. The highest BCUT2D eigenvalue weighted by Crippen LogP contribution is 2.30. The zero-order chi connectivity index (χ0) is 21.1. The van der Waals surface area contributed by atoms with Crippen molar-refractivity contribution in [3.05, 3.63) is 70.1 Å².